The summed E-state index contributed by atoms with van der Waals surface area (Å²) in [6.45, 7) is 7.25. The van der Waals surface area contributed by atoms with Gasteiger partial charge in [-0.3, -0.25) is 0 Å². The maximum absolute atomic E-state index is 12.9. The number of hydrogen-bond donors (Lipinski definition) is 2. The zero-order valence-electron chi connectivity index (χ0n) is 15.4. The van der Waals surface area contributed by atoms with Gasteiger partial charge in [-0.1, -0.05) is 0 Å². The maximum atomic E-state index is 12.9. The van der Waals surface area contributed by atoms with Crippen molar-refractivity contribution in [3.63, 3.8) is 0 Å². The Balaban J connectivity index is 1.89. The SMILES string of the molecule is CCNC(=NCc1nc(C)c(C)s1)NCCOc1ncccc1C(F)(F)F. The minimum atomic E-state index is -4.50. The summed E-state index contributed by atoms with van der Waals surface area (Å²) in [6.07, 6.45) is -3.24. The molecule has 10 heteroatoms. The molecule has 0 amide bonds. The van der Waals surface area contributed by atoms with Gasteiger partial charge in [-0.05, 0) is 32.9 Å². The predicted molar refractivity (Wildman–Crippen MR) is 99.1 cm³/mol. The smallest absolute Gasteiger partial charge is 0.421 e. The summed E-state index contributed by atoms with van der Waals surface area (Å²) >= 11 is 1.59. The molecule has 0 saturated carbocycles. The molecule has 27 heavy (non-hydrogen) atoms. The van der Waals surface area contributed by atoms with Gasteiger partial charge in [0.25, 0.3) is 0 Å². The Morgan fingerprint density at radius 3 is 2.70 bits per heavy atom. The number of halogens is 3. The Hall–Kier alpha value is -2.36. The molecule has 0 unspecified atom stereocenters. The van der Waals surface area contributed by atoms with Gasteiger partial charge in [-0.25, -0.2) is 15.0 Å². The molecule has 0 aliphatic heterocycles. The third kappa shape index (κ3) is 6.38. The van der Waals surface area contributed by atoms with Gasteiger partial charge in [0.15, 0.2) is 5.96 Å². The molecule has 148 valence electrons. The lowest BCUT2D eigenvalue weighted by atomic mass is 10.2. The van der Waals surface area contributed by atoms with Gasteiger partial charge >= 0.3 is 6.18 Å². The van der Waals surface area contributed by atoms with Crippen LogP contribution < -0.4 is 15.4 Å². The molecule has 0 aliphatic rings. The van der Waals surface area contributed by atoms with E-state index in [0.29, 0.717) is 19.0 Å². The van der Waals surface area contributed by atoms with Crippen LogP contribution in [-0.4, -0.2) is 35.6 Å². The number of aryl methyl sites for hydroxylation is 2. The Kier molecular flexibility index (Phi) is 7.40. The molecule has 0 atom stereocenters. The van der Waals surface area contributed by atoms with Crippen molar-refractivity contribution in [1.82, 2.24) is 20.6 Å². The van der Waals surface area contributed by atoms with Gasteiger partial charge in [0.05, 0.1) is 18.8 Å². The zero-order chi connectivity index (χ0) is 19.9. The fourth-order valence-electron chi connectivity index (χ4n) is 2.13. The maximum Gasteiger partial charge on any atom is 0.421 e. The first kappa shape index (κ1) is 20.9. The van der Waals surface area contributed by atoms with E-state index in [0.717, 1.165) is 21.6 Å². The summed E-state index contributed by atoms with van der Waals surface area (Å²) in [4.78, 5) is 13.7. The highest BCUT2D eigenvalue weighted by Crippen LogP contribution is 2.34. The molecule has 0 aliphatic carbocycles. The minimum absolute atomic E-state index is 0.0139. The molecule has 2 aromatic heterocycles. The van der Waals surface area contributed by atoms with Crippen LogP contribution in [0.15, 0.2) is 23.3 Å². The van der Waals surface area contributed by atoms with Crippen molar-refractivity contribution in [2.45, 2.75) is 33.5 Å². The minimum Gasteiger partial charge on any atom is -0.475 e. The molecule has 2 rings (SSSR count). The first-order chi connectivity index (χ1) is 12.8. The van der Waals surface area contributed by atoms with Gasteiger partial charge in [0.1, 0.15) is 17.2 Å². The molecular weight excluding hydrogens is 379 g/mol. The van der Waals surface area contributed by atoms with Crippen LogP contribution in [0.1, 0.15) is 28.1 Å². The molecule has 2 N–H and O–H groups in total. The highest BCUT2D eigenvalue weighted by atomic mass is 32.1. The first-order valence-corrected chi connectivity index (χ1v) is 9.23. The number of aliphatic imine (C=N–C) groups is 1. The summed E-state index contributed by atoms with van der Waals surface area (Å²) in [6, 6.07) is 2.17. The number of ether oxygens (including phenoxy) is 1. The standard InChI is InChI=1S/C17H22F3N5OS/c1-4-21-16(24-10-14-25-11(2)12(3)27-14)23-8-9-26-15-13(17(18,19)20)6-5-7-22-15/h5-7H,4,8-10H2,1-3H3,(H2,21,23,24). The summed E-state index contributed by atoms with van der Waals surface area (Å²) in [5, 5.41) is 7.00. The van der Waals surface area contributed by atoms with Gasteiger partial charge in [-0.15, -0.1) is 11.3 Å². The number of nitrogens with one attached hydrogen (secondary N) is 2. The second-order valence-electron chi connectivity index (χ2n) is 5.57. The van der Waals surface area contributed by atoms with Crippen molar-refractivity contribution < 1.29 is 17.9 Å². The summed E-state index contributed by atoms with van der Waals surface area (Å²) in [5.74, 6) is 0.117. The van der Waals surface area contributed by atoms with Gasteiger partial charge in [0, 0.05) is 17.6 Å². The van der Waals surface area contributed by atoms with Crippen molar-refractivity contribution in [3.05, 3.63) is 39.5 Å². The average molecular weight is 401 g/mol. The molecule has 0 saturated heterocycles. The molecule has 0 aromatic carbocycles. The fraction of sp³-hybridized carbons (Fsp3) is 0.471. The highest BCUT2D eigenvalue weighted by Gasteiger charge is 2.34. The summed E-state index contributed by atoms with van der Waals surface area (Å²) in [7, 11) is 0. The lowest BCUT2D eigenvalue weighted by Gasteiger charge is -2.14. The average Bonchev–Trinajstić information content (AvgIpc) is 2.94. The van der Waals surface area contributed by atoms with E-state index in [4.69, 9.17) is 4.74 Å². The number of thiazole rings is 1. The number of nitrogens with zero attached hydrogens (tertiary/aromatic N) is 3. The number of alkyl halides is 3. The van der Waals surface area contributed by atoms with Crippen LogP contribution in [-0.2, 0) is 12.7 Å². The summed E-state index contributed by atoms with van der Waals surface area (Å²) in [5.41, 5.74) is 0.104. The van der Waals surface area contributed by atoms with Crippen LogP contribution in [0, 0.1) is 13.8 Å². The van der Waals surface area contributed by atoms with Gasteiger partial charge in [0.2, 0.25) is 5.88 Å². The number of guanidine groups is 1. The van der Waals surface area contributed by atoms with Crippen LogP contribution in [0.3, 0.4) is 0 Å². The highest BCUT2D eigenvalue weighted by molar-refractivity contribution is 7.11. The van der Waals surface area contributed by atoms with Crippen molar-refractivity contribution in [3.8, 4) is 5.88 Å². The Morgan fingerprint density at radius 1 is 1.30 bits per heavy atom. The Morgan fingerprint density at radius 2 is 2.07 bits per heavy atom. The summed E-state index contributed by atoms with van der Waals surface area (Å²) < 4.78 is 43.9. The van der Waals surface area contributed by atoms with E-state index >= 15 is 0 Å². The fourth-order valence-corrected chi connectivity index (χ4v) is 2.99. The monoisotopic (exact) mass is 401 g/mol. The van der Waals surface area contributed by atoms with Crippen LogP contribution in [0.5, 0.6) is 5.88 Å². The number of rotatable bonds is 7. The number of aromatic nitrogens is 2. The largest absolute Gasteiger partial charge is 0.475 e. The number of pyridine rings is 1. The van der Waals surface area contributed by atoms with E-state index in [1.807, 2.05) is 20.8 Å². The van der Waals surface area contributed by atoms with E-state index in [9.17, 15) is 13.2 Å². The van der Waals surface area contributed by atoms with E-state index < -0.39 is 17.6 Å². The molecule has 0 radical (unpaired) electrons. The molecule has 0 fully saturated rings. The molecular formula is C17H22F3N5OS. The Bertz CT molecular complexity index is 757. The van der Waals surface area contributed by atoms with E-state index in [1.165, 1.54) is 12.3 Å². The van der Waals surface area contributed by atoms with Crippen LogP contribution in [0.4, 0.5) is 13.2 Å². The van der Waals surface area contributed by atoms with Crippen LogP contribution >= 0.6 is 11.3 Å². The lowest BCUT2D eigenvalue weighted by molar-refractivity contribution is -0.139. The molecule has 0 bridgehead atoms. The van der Waals surface area contributed by atoms with E-state index in [1.54, 1.807) is 11.3 Å². The predicted octanol–water partition coefficient (Wildman–Crippen LogP) is 3.31. The quantitative estimate of drug-likeness (QED) is 0.423. The normalized spacial score (nSPS) is 12.1. The van der Waals surface area contributed by atoms with Crippen molar-refractivity contribution in [1.29, 1.82) is 0 Å². The third-order valence-electron chi connectivity index (χ3n) is 3.50. The van der Waals surface area contributed by atoms with Crippen LogP contribution in [0.25, 0.3) is 0 Å². The van der Waals surface area contributed by atoms with Crippen molar-refractivity contribution in [2.24, 2.45) is 4.99 Å². The first-order valence-electron chi connectivity index (χ1n) is 8.41. The Labute approximate surface area is 159 Å². The van der Waals surface area contributed by atoms with Gasteiger partial charge < -0.3 is 15.4 Å². The molecule has 2 heterocycles. The second-order valence-corrected chi connectivity index (χ2v) is 6.86. The molecule has 0 spiro atoms. The lowest BCUT2D eigenvalue weighted by Crippen LogP contribution is -2.39. The number of hydrogen-bond acceptors (Lipinski definition) is 5. The topological polar surface area (TPSA) is 71.4 Å². The van der Waals surface area contributed by atoms with Crippen LogP contribution in [0.2, 0.25) is 0 Å². The second kappa shape index (κ2) is 9.54. The molecule has 2 aromatic rings. The third-order valence-corrected chi connectivity index (χ3v) is 4.56. The van der Waals surface area contributed by atoms with E-state index in [2.05, 4.69) is 25.6 Å². The molecule has 6 nitrogen and oxygen atoms in total. The van der Waals surface area contributed by atoms with Gasteiger partial charge in [-0.2, -0.15) is 13.2 Å². The van der Waals surface area contributed by atoms with Crippen molar-refractivity contribution >= 4 is 17.3 Å². The zero-order valence-corrected chi connectivity index (χ0v) is 16.2. The van der Waals surface area contributed by atoms with Crippen molar-refractivity contribution in [2.75, 3.05) is 19.7 Å². The van der Waals surface area contributed by atoms with E-state index in [-0.39, 0.29) is 13.2 Å².